The van der Waals surface area contributed by atoms with E-state index in [1.807, 2.05) is 38.1 Å². The zero-order chi connectivity index (χ0) is 14.0. The van der Waals surface area contributed by atoms with Gasteiger partial charge < -0.3 is 5.11 Å². The van der Waals surface area contributed by atoms with Crippen molar-refractivity contribution in [1.29, 1.82) is 0 Å². The molecular weight excluding hydrogens is 300 g/mol. The van der Waals surface area contributed by atoms with Crippen molar-refractivity contribution in [3.8, 4) is 0 Å². The van der Waals surface area contributed by atoms with Gasteiger partial charge >= 0.3 is 0 Å². The molecular formula is C17H19BrO. The van der Waals surface area contributed by atoms with Crippen LogP contribution in [0.15, 0.2) is 46.9 Å². The molecule has 0 aliphatic heterocycles. The van der Waals surface area contributed by atoms with Gasteiger partial charge in [0.1, 0.15) is 0 Å². The van der Waals surface area contributed by atoms with E-state index in [1.165, 1.54) is 5.56 Å². The van der Waals surface area contributed by atoms with Gasteiger partial charge in [0.25, 0.3) is 0 Å². The minimum Gasteiger partial charge on any atom is -0.385 e. The maximum Gasteiger partial charge on any atom is 0.0911 e. The van der Waals surface area contributed by atoms with Crippen LogP contribution in [0, 0.1) is 13.8 Å². The van der Waals surface area contributed by atoms with Crippen LogP contribution in [0.4, 0.5) is 0 Å². The first kappa shape index (κ1) is 14.3. The minimum absolute atomic E-state index is 0.596. The van der Waals surface area contributed by atoms with Crippen molar-refractivity contribution in [1.82, 2.24) is 0 Å². The average molecular weight is 319 g/mol. The summed E-state index contributed by atoms with van der Waals surface area (Å²) >= 11 is 3.54. The second-order valence-electron chi connectivity index (χ2n) is 5.36. The zero-order valence-corrected chi connectivity index (χ0v) is 13.2. The Bertz CT molecular complexity index is 588. The van der Waals surface area contributed by atoms with E-state index in [0.29, 0.717) is 6.42 Å². The summed E-state index contributed by atoms with van der Waals surface area (Å²) in [5, 5.41) is 10.8. The monoisotopic (exact) mass is 318 g/mol. The van der Waals surface area contributed by atoms with Crippen molar-refractivity contribution >= 4 is 15.9 Å². The van der Waals surface area contributed by atoms with Crippen LogP contribution in [-0.2, 0) is 12.0 Å². The zero-order valence-electron chi connectivity index (χ0n) is 11.6. The molecule has 1 unspecified atom stereocenters. The average Bonchev–Trinajstić information content (AvgIpc) is 2.35. The third-order valence-corrected chi connectivity index (χ3v) is 4.24. The molecule has 2 rings (SSSR count). The van der Waals surface area contributed by atoms with Crippen LogP contribution < -0.4 is 0 Å². The Morgan fingerprint density at radius 2 is 1.79 bits per heavy atom. The molecule has 0 saturated heterocycles. The Kier molecular flexibility index (Phi) is 4.12. The lowest BCUT2D eigenvalue weighted by Gasteiger charge is -2.27. The number of hydrogen-bond acceptors (Lipinski definition) is 1. The molecule has 1 N–H and O–H groups in total. The van der Waals surface area contributed by atoms with Crippen molar-refractivity contribution in [2.45, 2.75) is 32.8 Å². The predicted octanol–water partition coefficient (Wildman–Crippen LogP) is 4.52. The van der Waals surface area contributed by atoms with Gasteiger partial charge in [0.2, 0.25) is 0 Å². The molecule has 0 spiro atoms. The molecule has 2 aromatic rings. The van der Waals surface area contributed by atoms with E-state index in [1.54, 1.807) is 0 Å². The van der Waals surface area contributed by atoms with Gasteiger partial charge in [-0.3, -0.25) is 0 Å². The molecule has 0 heterocycles. The van der Waals surface area contributed by atoms with Gasteiger partial charge in [-0.1, -0.05) is 57.9 Å². The Morgan fingerprint density at radius 3 is 2.47 bits per heavy atom. The van der Waals surface area contributed by atoms with Gasteiger partial charge in [-0.2, -0.15) is 0 Å². The molecule has 0 radical (unpaired) electrons. The third-order valence-electron chi connectivity index (χ3n) is 3.47. The molecule has 0 aliphatic rings. The van der Waals surface area contributed by atoms with Gasteiger partial charge in [0, 0.05) is 10.9 Å². The first-order valence-corrected chi connectivity index (χ1v) is 7.23. The van der Waals surface area contributed by atoms with Crippen LogP contribution in [0.3, 0.4) is 0 Å². The summed E-state index contributed by atoms with van der Waals surface area (Å²) in [4.78, 5) is 0. The SMILES string of the molecule is Cc1ccc(C)c(C(C)(O)Cc2ccccc2Br)c1. The van der Waals surface area contributed by atoms with E-state index in [-0.39, 0.29) is 0 Å². The summed E-state index contributed by atoms with van der Waals surface area (Å²) in [6, 6.07) is 14.3. The van der Waals surface area contributed by atoms with Crippen molar-refractivity contribution < 1.29 is 5.11 Å². The molecule has 100 valence electrons. The Morgan fingerprint density at radius 1 is 1.11 bits per heavy atom. The minimum atomic E-state index is -0.861. The fourth-order valence-corrected chi connectivity index (χ4v) is 2.85. The van der Waals surface area contributed by atoms with Crippen molar-refractivity contribution in [3.05, 3.63) is 69.2 Å². The van der Waals surface area contributed by atoms with Gasteiger partial charge in [-0.05, 0) is 43.5 Å². The maximum atomic E-state index is 10.8. The van der Waals surface area contributed by atoms with Crippen LogP contribution in [0.2, 0.25) is 0 Å². The van der Waals surface area contributed by atoms with E-state index in [2.05, 4.69) is 41.1 Å². The quantitative estimate of drug-likeness (QED) is 0.882. The Hall–Kier alpha value is -1.12. The second-order valence-corrected chi connectivity index (χ2v) is 6.21. The van der Waals surface area contributed by atoms with Crippen LogP contribution in [0.1, 0.15) is 29.2 Å². The van der Waals surface area contributed by atoms with Crippen LogP contribution in [-0.4, -0.2) is 5.11 Å². The van der Waals surface area contributed by atoms with Gasteiger partial charge in [-0.15, -0.1) is 0 Å². The highest BCUT2D eigenvalue weighted by molar-refractivity contribution is 9.10. The lowest BCUT2D eigenvalue weighted by atomic mass is 9.85. The molecule has 0 amide bonds. The topological polar surface area (TPSA) is 20.2 Å². The highest BCUT2D eigenvalue weighted by Gasteiger charge is 2.26. The summed E-state index contributed by atoms with van der Waals surface area (Å²) in [7, 11) is 0. The van der Waals surface area contributed by atoms with Crippen LogP contribution in [0.25, 0.3) is 0 Å². The van der Waals surface area contributed by atoms with E-state index in [0.717, 1.165) is 21.2 Å². The van der Waals surface area contributed by atoms with E-state index < -0.39 is 5.60 Å². The molecule has 0 saturated carbocycles. The fraction of sp³-hybridized carbons (Fsp3) is 0.294. The highest BCUT2D eigenvalue weighted by Crippen LogP contribution is 2.31. The van der Waals surface area contributed by atoms with Crippen molar-refractivity contribution in [2.75, 3.05) is 0 Å². The molecule has 1 nitrogen and oxygen atoms in total. The fourth-order valence-electron chi connectivity index (χ4n) is 2.42. The Labute approximate surface area is 123 Å². The number of aliphatic hydroxyl groups is 1. The lowest BCUT2D eigenvalue weighted by Crippen LogP contribution is -2.25. The molecule has 0 fully saturated rings. The molecule has 2 aromatic carbocycles. The summed E-state index contributed by atoms with van der Waals surface area (Å²) in [5.74, 6) is 0. The molecule has 0 aromatic heterocycles. The normalized spacial score (nSPS) is 14.2. The molecule has 0 bridgehead atoms. The summed E-state index contributed by atoms with van der Waals surface area (Å²) in [5.41, 5.74) is 3.56. The summed E-state index contributed by atoms with van der Waals surface area (Å²) in [6.45, 7) is 5.98. The Balaban J connectivity index is 2.37. The summed E-state index contributed by atoms with van der Waals surface area (Å²) < 4.78 is 1.04. The van der Waals surface area contributed by atoms with Crippen molar-refractivity contribution in [3.63, 3.8) is 0 Å². The molecule has 1 atom stereocenters. The second kappa shape index (κ2) is 5.48. The first-order valence-electron chi connectivity index (χ1n) is 6.44. The molecule has 0 aliphatic carbocycles. The van der Waals surface area contributed by atoms with Gasteiger partial charge in [-0.25, -0.2) is 0 Å². The third kappa shape index (κ3) is 3.26. The number of hydrogen-bond donors (Lipinski definition) is 1. The van der Waals surface area contributed by atoms with Crippen molar-refractivity contribution in [2.24, 2.45) is 0 Å². The van der Waals surface area contributed by atoms with Crippen LogP contribution in [0.5, 0.6) is 0 Å². The highest BCUT2D eigenvalue weighted by atomic mass is 79.9. The number of benzene rings is 2. The predicted molar refractivity (Wildman–Crippen MR) is 83.3 cm³/mol. The lowest BCUT2D eigenvalue weighted by molar-refractivity contribution is 0.0567. The number of aryl methyl sites for hydroxylation is 2. The smallest absolute Gasteiger partial charge is 0.0911 e. The number of rotatable bonds is 3. The summed E-state index contributed by atoms with van der Waals surface area (Å²) in [6.07, 6.45) is 0.596. The largest absolute Gasteiger partial charge is 0.385 e. The van der Waals surface area contributed by atoms with E-state index >= 15 is 0 Å². The van der Waals surface area contributed by atoms with E-state index in [4.69, 9.17) is 0 Å². The molecule has 19 heavy (non-hydrogen) atoms. The first-order chi connectivity index (χ1) is 8.90. The van der Waals surface area contributed by atoms with Crippen LogP contribution >= 0.6 is 15.9 Å². The number of halogens is 1. The van der Waals surface area contributed by atoms with E-state index in [9.17, 15) is 5.11 Å². The maximum absolute atomic E-state index is 10.8. The van der Waals surface area contributed by atoms with Gasteiger partial charge in [0.05, 0.1) is 5.60 Å². The standard InChI is InChI=1S/C17H19BrO/c1-12-8-9-13(2)15(10-12)17(3,19)11-14-6-4-5-7-16(14)18/h4-10,19H,11H2,1-3H3. The van der Waals surface area contributed by atoms with Gasteiger partial charge in [0.15, 0.2) is 0 Å². The molecule has 2 heteroatoms.